The fraction of sp³-hybridized carbons (Fsp3) is 0.500. The summed E-state index contributed by atoms with van der Waals surface area (Å²) in [5.74, 6) is 0.900. The van der Waals surface area contributed by atoms with Gasteiger partial charge in [0.05, 0.1) is 7.11 Å². The van der Waals surface area contributed by atoms with Gasteiger partial charge in [0.1, 0.15) is 18.4 Å². The van der Waals surface area contributed by atoms with Crippen molar-refractivity contribution < 1.29 is 14.3 Å². The van der Waals surface area contributed by atoms with Gasteiger partial charge in [0.2, 0.25) is 0 Å². The van der Waals surface area contributed by atoms with E-state index in [2.05, 4.69) is 30.0 Å². The summed E-state index contributed by atoms with van der Waals surface area (Å²) in [7, 11) is 3.07. The third-order valence-electron chi connectivity index (χ3n) is 2.78. The topological polar surface area (TPSA) is 47.6 Å². The monoisotopic (exact) mass is 251 g/mol. The van der Waals surface area contributed by atoms with Gasteiger partial charge in [0.25, 0.3) is 0 Å². The number of carbonyl (C=O) groups excluding carboxylic acids is 1. The number of ether oxygens (including phenoxy) is 2. The zero-order valence-electron chi connectivity index (χ0n) is 11.4. The van der Waals surface area contributed by atoms with Crippen LogP contribution in [0.2, 0.25) is 0 Å². The van der Waals surface area contributed by atoms with Crippen molar-refractivity contribution in [1.82, 2.24) is 5.32 Å². The number of hydrogen-bond acceptors (Lipinski definition) is 4. The second kappa shape index (κ2) is 7.01. The van der Waals surface area contributed by atoms with Crippen LogP contribution in [0.5, 0.6) is 5.75 Å². The molecule has 0 aliphatic carbocycles. The molecule has 0 aliphatic heterocycles. The third-order valence-corrected chi connectivity index (χ3v) is 2.78. The molecule has 0 fully saturated rings. The Morgan fingerprint density at radius 1 is 1.39 bits per heavy atom. The van der Waals surface area contributed by atoms with Gasteiger partial charge in [0.15, 0.2) is 0 Å². The molecule has 1 unspecified atom stereocenters. The third kappa shape index (κ3) is 4.04. The summed E-state index contributed by atoms with van der Waals surface area (Å²) in [4.78, 5) is 11.4. The minimum atomic E-state index is -0.447. The van der Waals surface area contributed by atoms with Gasteiger partial charge in [0, 0.05) is 0 Å². The molecule has 0 saturated carbocycles. The lowest BCUT2D eigenvalue weighted by Gasteiger charge is -2.15. The first-order valence-corrected chi connectivity index (χ1v) is 6.06. The van der Waals surface area contributed by atoms with E-state index in [-0.39, 0.29) is 12.6 Å². The van der Waals surface area contributed by atoms with Crippen molar-refractivity contribution in [3.8, 4) is 5.75 Å². The van der Waals surface area contributed by atoms with Crippen molar-refractivity contribution in [3.63, 3.8) is 0 Å². The standard InChI is InChI=1S/C14H21NO3/c1-10(2)11-6-5-7-12(8-11)18-9-13(15-3)14(16)17-4/h5-8,10,13,15H,9H2,1-4H3. The van der Waals surface area contributed by atoms with E-state index in [0.29, 0.717) is 5.92 Å². The second-order valence-corrected chi connectivity index (χ2v) is 4.40. The highest BCUT2D eigenvalue weighted by molar-refractivity contribution is 5.75. The van der Waals surface area contributed by atoms with Gasteiger partial charge in [-0.15, -0.1) is 0 Å². The van der Waals surface area contributed by atoms with E-state index in [1.165, 1.54) is 12.7 Å². The largest absolute Gasteiger partial charge is 0.491 e. The Balaban J connectivity index is 2.62. The highest BCUT2D eigenvalue weighted by atomic mass is 16.5. The maximum atomic E-state index is 11.4. The van der Waals surface area contributed by atoms with Gasteiger partial charge in [-0.1, -0.05) is 26.0 Å². The van der Waals surface area contributed by atoms with Crippen LogP contribution in [0.25, 0.3) is 0 Å². The van der Waals surface area contributed by atoms with E-state index < -0.39 is 6.04 Å². The van der Waals surface area contributed by atoms with Crippen LogP contribution in [0.15, 0.2) is 24.3 Å². The van der Waals surface area contributed by atoms with Crippen LogP contribution < -0.4 is 10.1 Å². The fourth-order valence-electron chi connectivity index (χ4n) is 1.55. The molecule has 0 amide bonds. The van der Waals surface area contributed by atoms with Gasteiger partial charge in [-0.25, -0.2) is 0 Å². The quantitative estimate of drug-likeness (QED) is 0.785. The summed E-state index contributed by atoms with van der Waals surface area (Å²) < 4.78 is 10.3. The predicted molar refractivity (Wildman–Crippen MR) is 70.9 cm³/mol. The average molecular weight is 251 g/mol. The molecular weight excluding hydrogens is 230 g/mol. The Hall–Kier alpha value is -1.55. The van der Waals surface area contributed by atoms with Crippen molar-refractivity contribution in [2.45, 2.75) is 25.8 Å². The first-order valence-electron chi connectivity index (χ1n) is 6.06. The highest BCUT2D eigenvalue weighted by Gasteiger charge is 2.17. The summed E-state index contributed by atoms with van der Waals surface area (Å²) in [5, 5.41) is 2.86. The molecule has 4 nitrogen and oxygen atoms in total. The predicted octanol–water partition coefficient (Wildman–Crippen LogP) is 1.95. The minimum Gasteiger partial charge on any atom is -0.491 e. The van der Waals surface area contributed by atoms with Gasteiger partial charge < -0.3 is 14.8 Å². The van der Waals surface area contributed by atoms with E-state index in [9.17, 15) is 4.79 Å². The number of esters is 1. The van der Waals surface area contributed by atoms with Crippen molar-refractivity contribution in [3.05, 3.63) is 29.8 Å². The summed E-state index contributed by atoms with van der Waals surface area (Å²) in [5.41, 5.74) is 1.21. The summed E-state index contributed by atoms with van der Waals surface area (Å²) in [6, 6.07) is 7.45. The maximum absolute atomic E-state index is 11.4. The summed E-state index contributed by atoms with van der Waals surface area (Å²) >= 11 is 0. The minimum absolute atomic E-state index is 0.255. The van der Waals surface area contributed by atoms with Crippen LogP contribution in [-0.2, 0) is 9.53 Å². The van der Waals surface area contributed by atoms with E-state index >= 15 is 0 Å². The van der Waals surface area contributed by atoms with Crippen molar-refractivity contribution >= 4 is 5.97 Å². The van der Waals surface area contributed by atoms with Crippen LogP contribution in [0.3, 0.4) is 0 Å². The molecule has 1 aromatic rings. The zero-order valence-corrected chi connectivity index (χ0v) is 11.4. The molecule has 1 rings (SSSR count). The molecule has 0 radical (unpaired) electrons. The van der Waals surface area contributed by atoms with E-state index in [1.807, 2.05) is 18.2 Å². The lowest BCUT2D eigenvalue weighted by atomic mass is 10.0. The van der Waals surface area contributed by atoms with Crippen LogP contribution in [0, 0.1) is 0 Å². The number of rotatable bonds is 6. The van der Waals surface area contributed by atoms with Gasteiger partial charge >= 0.3 is 5.97 Å². The molecule has 1 N–H and O–H groups in total. The van der Waals surface area contributed by atoms with Gasteiger partial charge in [-0.3, -0.25) is 4.79 Å². The zero-order chi connectivity index (χ0) is 13.5. The second-order valence-electron chi connectivity index (χ2n) is 4.40. The summed E-state index contributed by atoms with van der Waals surface area (Å²) in [6.45, 7) is 4.51. The van der Waals surface area contributed by atoms with E-state index in [0.717, 1.165) is 5.75 Å². The Bertz CT molecular complexity index is 390. The highest BCUT2D eigenvalue weighted by Crippen LogP contribution is 2.20. The Morgan fingerprint density at radius 3 is 2.67 bits per heavy atom. The molecule has 4 heteroatoms. The Morgan fingerprint density at radius 2 is 2.11 bits per heavy atom. The molecule has 0 saturated heterocycles. The normalized spacial score (nSPS) is 12.3. The maximum Gasteiger partial charge on any atom is 0.326 e. The van der Waals surface area contributed by atoms with Crippen LogP contribution in [0.1, 0.15) is 25.3 Å². The van der Waals surface area contributed by atoms with Crippen molar-refractivity contribution in [2.24, 2.45) is 0 Å². The molecule has 0 heterocycles. The SMILES string of the molecule is CNC(COc1cccc(C(C)C)c1)C(=O)OC. The fourth-order valence-corrected chi connectivity index (χ4v) is 1.55. The number of likely N-dealkylation sites (N-methyl/N-ethyl adjacent to an activating group) is 1. The van der Waals surface area contributed by atoms with Gasteiger partial charge in [-0.2, -0.15) is 0 Å². The van der Waals surface area contributed by atoms with Crippen LogP contribution >= 0.6 is 0 Å². The van der Waals surface area contributed by atoms with Crippen molar-refractivity contribution in [1.29, 1.82) is 0 Å². The Kier molecular flexibility index (Phi) is 5.65. The molecule has 18 heavy (non-hydrogen) atoms. The average Bonchev–Trinajstić information content (AvgIpc) is 2.39. The number of methoxy groups -OCH3 is 1. The lowest BCUT2D eigenvalue weighted by molar-refractivity contribution is -0.143. The molecule has 100 valence electrons. The number of hydrogen-bond donors (Lipinski definition) is 1. The Labute approximate surface area is 108 Å². The van der Waals surface area contributed by atoms with E-state index in [1.54, 1.807) is 7.05 Å². The molecule has 0 aromatic heterocycles. The van der Waals surface area contributed by atoms with E-state index in [4.69, 9.17) is 4.74 Å². The number of nitrogens with one attached hydrogen (secondary N) is 1. The van der Waals surface area contributed by atoms with Crippen LogP contribution in [-0.4, -0.2) is 32.8 Å². The van der Waals surface area contributed by atoms with Crippen molar-refractivity contribution in [2.75, 3.05) is 20.8 Å². The molecule has 1 atom stereocenters. The smallest absolute Gasteiger partial charge is 0.326 e. The molecule has 1 aromatic carbocycles. The number of carbonyl (C=O) groups is 1. The molecule has 0 bridgehead atoms. The summed E-state index contributed by atoms with van der Waals surface area (Å²) in [6.07, 6.45) is 0. The molecular formula is C14H21NO3. The first-order chi connectivity index (χ1) is 8.58. The first kappa shape index (κ1) is 14.5. The lowest BCUT2D eigenvalue weighted by Crippen LogP contribution is -2.40. The molecule has 0 aliphatic rings. The molecule has 0 spiro atoms. The van der Waals surface area contributed by atoms with Crippen LogP contribution in [0.4, 0.5) is 0 Å². The number of benzene rings is 1. The van der Waals surface area contributed by atoms with Gasteiger partial charge in [-0.05, 0) is 30.7 Å².